The van der Waals surface area contributed by atoms with Gasteiger partial charge < -0.3 is 24.2 Å². The van der Waals surface area contributed by atoms with E-state index in [2.05, 4.69) is 22.2 Å². The van der Waals surface area contributed by atoms with Crippen LogP contribution in [0.5, 0.6) is 0 Å². The lowest BCUT2D eigenvalue weighted by atomic mass is 10.0. The van der Waals surface area contributed by atoms with Crippen molar-refractivity contribution >= 4 is 23.7 Å². The number of nitrogens with zero attached hydrogens (tertiary/aromatic N) is 4. The van der Waals surface area contributed by atoms with Gasteiger partial charge in [-0.25, -0.2) is 19.0 Å². The topological polar surface area (TPSA) is 87.2 Å². The van der Waals surface area contributed by atoms with E-state index >= 15 is 0 Å². The first-order valence-corrected chi connectivity index (χ1v) is 11.5. The standard InChI is InChI=1S/C23H36FN5O4/c1-23(2,3)33-22(31)28(5)19-15-29(13-9-18(19)24)20-14-16(6-10-25-20)26-21(30)32-17-7-11-27(4)12-8-17/h6,10,14,17-19H,7-9,11-13,15H2,1-5H3,(H,25,26,30)/t18-,19+/m1/s1. The van der Waals surface area contributed by atoms with Crippen LogP contribution in [-0.2, 0) is 9.47 Å². The van der Waals surface area contributed by atoms with Crippen molar-refractivity contribution in [3.05, 3.63) is 18.3 Å². The molecule has 0 saturated carbocycles. The van der Waals surface area contributed by atoms with Gasteiger partial charge in [0.1, 0.15) is 23.7 Å². The summed E-state index contributed by atoms with van der Waals surface area (Å²) < 4.78 is 25.6. The van der Waals surface area contributed by atoms with E-state index in [0.29, 0.717) is 18.1 Å². The molecule has 3 rings (SSSR count). The van der Waals surface area contributed by atoms with E-state index in [1.165, 1.54) is 4.90 Å². The molecule has 1 aromatic heterocycles. The summed E-state index contributed by atoms with van der Waals surface area (Å²) in [4.78, 5) is 34.6. The summed E-state index contributed by atoms with van der Waals surface area (Å²) in [6.45, 7) is 7.86. The number of alkyl halides is 1. The summed E-state index contributed by atoms with van der Waals surface area (Å²) in [6.07, 6.45) is 1.18. The molecular formula is C23H36FN5O4. The molecule has 2 saturated heterocycles. The zero-order chi connectivity index (χ0) is 24.2. The first-order valence-electron chi connectivity index (χ1n) is 11.5. The van der Waals surface area contributed by atoms with E-state index in [4.69, 9.17) is 9.47 Å². The predicted octanol–water partition coefficient (Wildman–Crippen LogP) is 3.51. The second kappa shape index (κ2) is 10.5. The maximum Gasteiger partial charge on any atom is 0.411 e. The molecule has 33 heavy (non-hydrogen) atoms. The van der Waals surface area contributed by atoms with Gasteiger partial charge in [-0.15, -0.1) is 0 Å². The number of aromatic nitrogens is 1. The molecule has 2 aliphatic heterocycles. The smallest absolute Gasteiger partial charge is 0.411 e. The molecule has 2 aliphatic rings. The number of nitrogens with one attached hydrogen (secondary N) is 1. The Bertz CT molecular complexity index is 825. The van der Waals surface area contributed by atoms with Crippen molar-refractivity contribution < 1.29 is 23.5 Å². The van der Waals surface area contributed by atoms with Crippen molar-refractivity contribution in [2.75, 3.05) is 50.5 Å². The molecule has 0 bridgehead atoms. The van der Waals surface area contributed by atoms with Crippen LogP contribution in [0.2, 0.25) is 0 Å². The van der Waals surface area contributed by atoms with Crippen LogP contribution in [0.3, 0.4) is 0 Å². The Morgan fingerprint density at radius 1 is 1.21 bits per heavy atom. The molecule has 9 nitrogen and oxygen atoms in total. The summed E-state index contributed by atoms with van der Waals surface area (Å²) in [7, 11) is 3.61. The van der Waals surface area contributed by atoms with Crippen LogP contribution in [0.4, 0.5) is 25.5 Å². The Morgan fingerprint density at radius 3 is 2.58 bits per heavy atom. The van der Waals surface area contributed by atoms with Crippen molar-refractivity contribution in [1.82, 2.24) is 14.8 Å². The molecule has 0 aliphatic carbocycles. The second-order valence-electron chi connectivity index (χ2n) is 9.84. The highest BCUT2D eigenvalue weighted by Crippen LogP contribution is 2.26. The monoisotopic (exact) mass is 465 g/mol. The number of likely N-dealkylation sites (tertiary alicyclic amines) is 1. The van der Waals surface area contributed by atoms with Gasteiger partial charge in [-0.1, -0.05) is 0 Å². The van der Waals surface area contributed by atoms with E-state index < -0.39 is 30.0 Å². The number of halogens is 1. The summed E-state index contributed by atoms with van der Waals surface area (Å²) in [5.74, 6) is 0.599. The molecule has 2 amide bonds. The van der Waals surface area contributed by atoms with Gasteiger partial charge in [0.05, 0.1) is 6.04 Å². The average molecular weight is 466 g/mol. The molecule has 1 aromatic rings. The van der Waals surface area contributed by atoms with Crippen LogP contribution in [0.25, 0.3) is 0 Å². The highest BCUT2D eigenvalue weighted by molar-refractivity contribution is 5.85. The molecule has 0 radical (unpaired) electrons. The van der Waals surface area contributed by atoms with Crippen molar-refractivity contribution in [3.63, 3.8) is 0 Å². The number of anilines is 2. The molecule has 0 unspecified atom stereocenters. The van der Waals surface area contributed by atoms with E-state index in [-0.39, 0.29) is 19.1 Å². The number of rotatable bonds is 4. The van der Waals surface area contributed by atoms with Gasteiger partial charge in [-0.2, -0.15) is 0 Å². The van der Waals surface area contributed by atoms with E-state index in [9.17, 15) is 14.0 Å². The Balaban J connectivity index is 1.60. The number of carbonyl (C=O) groups is 2. The summed E-state index contributed by atoms with van der Waals surface area (Å²) in [5.41, 5.74) is -0.104. The lowest BCUT2D eigenvalue weighted by Gasteiger charge is -2.40. The van der Waals surface area contributed by atoms with Crippen molar-refractivity contribution in [2.24, 2.45) is 0 Å². The van der Waals surface area contributed by atoms with E-state index in [0.717, 1.165) is 25.9 Å². The van der Waals surface area contributed by atoms with Crippen molar-refractivity contribution in [1.29, 1.82) is 0 Å². The normalized spacial score (nSPS) is 22.5. The van der Waals surface area contributed by atoms with Gasteiger partial charge in [0.2, 0.25) is 0 Å². The molecule has 2 atom stereocenters. The molecule has 0 spiro atoms. The third-order valence-electron chi connectivity index (χ3n) is 5.93. The average Bonchev–Trinajstić information content (AvgIpc) is 2.74. The van der Waals surface area contributed by atoms with Gasteiger partial charge >= 0.3 is 12.2 Å². The third kappa shape index (κ3) is 7.18. The van der Waals surface area contributed by atoms with Gasteiger partial charge in [0.15, 0.2) is 0 Å². The van der Waals surface area contributed by atoms with Crippen LogP contribution in [-0.4, -0.2) is 91.2 Å². The highest BCUT2D eigenvalue weighted by Gasteiger charge is 2.36. The number of hydrogen-bond acceptors (Lipinski definition) is 7. The molecule has 3 heterocycles. The largest absolute Gasteiger partial charge is 0.446 e. The molecule has 184 valence electrons. The van der Waals surface area contributed by atoms with E-state index in [1.54, 1.807) is 46.1 Å². The van der Waals surface area contributed by atoms with Crippen LogP contribution in [0, 0.1) is 0 Å². The lowest BCUT2D eigenvalue weighted by molar-refractivity contribution is 0.0114. The predicted molar refractivity (Wildman–Crippen MR) is 124 cm³/mol. The molecule has 2 fully saturated rings. The maximum atomic E-state index is 14.7. The molecular weight excluding hydrogens is 429 g/mol. The van der Waals surface area contributed by atoms with Crippen LogP contribution < -0.4 is 10.2 Å². The number of amides is 2. The quantitative estimate of drug-likeness (QED) is 0.728. The van der Waals surface area contributed by atoms with Gasteiger partial charge in [0, 0.05) is 51.2 Å². The zero-order valence-electron chi connectivity index (χ0n) is 20.2. The summed E-state index contributed by atoms with van der Waals surface area (Å²) in [5, 5.41) is 2.77. The summed E-state index contributed by atoms with van der Waals surface area (Å²) in [6, 6.07) is 2.76. The van der Waals surface area contributed by atoms with Crippen LogP contribution in [0.15, 0.2) is 18.3 Å². The number of pyridine rings is 1. The number of likely N-dealkylation sites (N-methyl/N-ethyl adjacent to an activating group) is 1. The lowest BCUT2D eigenvalue weighted by Crippen LogP contribution is -2.55. The maximum absolute atomic E-state index is 14.7. The van der Waals surface area contributed by atoms with Gasteiger partial charge in [0.25, 0.3) is 0 Å². The molecule has 1 N–H and O–H groups in total. The molecule has 10 heteroatoms. The first kappa shape index (κ1) is 25.0. The fraction of sp³-hybridized carbons (Fsp3) is 0.696. The SMILES string of the molecule is CN1CCC(OC(=O)Nc2ccnc(N3CC[C@@H](F)[C@@H](N(C)C(=O)OC(C)(C)C)C3)c2)CC1. The van der Waals surface area contributed by atoms with Gasteiger partial charge in [-0.3, -0.25) is 5.32 Å². The van der Waals surface area contributed by atoms with Crippen molar-refractivity contribution in [2.45, 2.75) is 64.0 Å². The second-order valence-corrected chi connectivity index (χ2v) is 9.84. The Kier molecular flexibility index (Phi) is 7.99. The van der Waals surface area contributed by atoms with E-state index in [1.807, 2.05) is 4.90 Å². The third-order valence-corrected chi connectivity index (χ3v) is 5.93. The zero-order valence-corrected chi connectivity index (χ0v) is 20.2. The number of piperidine rings is 2. The van der Waals surface area contributed by atoms with Gasteiger partial charge in [-0.05, 0) is 53.1 Å². The minimum absolute atomic E-state index is 0.0877. The minimum atomic E-state index is -1.16. The number of hydrogen-bond donors (Lipinski definition) is 1. The Hall–Kier alpha value is -2.62. The first-order chi connectivity index (χ1) is 15.5. The van der Waals surface area contributed by atoms with Crippen LogP contribution >= 0.6 is 0 Å². The van der Waals surface area contributed by atoms with Crippen LogP contribution in [0.1, 0.15) is 40.0 Å². The number of ether oxygens (including phenoxy) is 2. The highest BCUT2D eigenvalue weighted by atomic mass is 19.1. The van der Waals surface area contributed by atoms with Crippen molar-refractivity contribution in [3.8, 4) is 0 Å². The molecule has 0 aromatic carbocycles. The summed E-state index contributed by atoms with van der Waals surface area (Å²) >= 11 is 0. The Labute approximate surface area is 195 Å². The number of carbonyl (C=O) groups excluding carboxylic acids is 2. The fourth-order valence-electron chi connectivity index (χ4n) is 4.02. The minimum Gasteiger partial charge on any atom is -0.446 e. The Morgan fingerprint density at radius 2 is 1.91 bits per heavy atom. The fourth-order valence-corrected chi connectivity index (χ4v) is 4.02.